The van der Waals surface area contributed by atoms with Gasteiger partial charge in [0.15, 0.2) is 0 Å². The Morgan fingerprint density at radius 3 is 2.50 bits per heavy atom. The molecule has 0 amide bonds. The Morgan fingerprint density at radius 1 is 1.17 bits per heavy atom. The third-order valence-electron chi connectivity index (χ3n) is 5.31. The molecule has 2 aliphatic rings. The van der Waals surface area contributed by atoms with Crippen LogP contribution in [-0.2, 0) is 0 Å². The van der Waals surface area contributed by atoms with Crippen LogP contribution in [-0.4, -0.2) is 54.6 Å². The highest BCUT2D eigenvalue weighted by atomic mass is 15.3. The number of rotatable bonds is 2. The van der Waals surface area contributed by atoms with Crippen LogP contribution in [0.1, 0.15) is 40.0 Å². The number of likely N-dealkylation sites (N-methyl/N-ethyl adjacent to an activating group) is 1. The lowest BCUT2D eigenvalue weighted by Gasteiger charge is -2.47. The molecule has 1 heterocycles. The van der Waals surface area contributed by atoms with Crippen LogP contribution < -0.4 is 5.73 Å². The van der Waals surface area contributed by atoms with Crippen molar-refractivity contribution < 1.29 is 0 Å². The summed E-state index contributed by atoms with van der Waals surface area (Å²) in [6, 6.07) is 1.70. The van der Waals surface area contributed by atoms with Crippen molar-refractivity contribution in [1.82, 2.24) is 9.80 Å². The van der Waals surface area contributed by atoms with Crippen molar-refractivity contribution in [1.29, 1.82) is 0 Å². The lowest BCUT2D eigenvalue weighted by Crippen LogP contribution is -2.59. The zero-order chi connectivity index (χ0) is 13.3. The van der Waals surface area contributed by atoms with E-state index in [0.29, 0.717) is 18.1 Å². The van der Waals surface area contributed by atoms with Gasteiger partial charge >= 0.3 is 0 Å². The summed E-state index contributed by atoms with van der Waals surface area (Å²) in [5.41, 5.74) is 6.40. The molecule has 0 radical (unpaired) electrons. The second-order valence-electron chi connectivity index (χ2n) is 6.87. The van der Waals surface area contributed by atoms with Gasteiger partial charge in [0.2, 0.25) is 0 Å². The van der Waals surface area contributed by atoms with Crippen molar-refractivity contribution in [3.05, 3.63) is 0 Å². The van der Waals surface area contributed by atoms with Gasteiger partial charge in [-0.3, -0.25) is 4.90 Å². The summed E-state index contributed by atoms with van der Waals surface area (Å²) in [7, 11) is 2.24. The Morgan fingerprint density at radius 2 is 1.89 bits per heavy atom. The summed E-state index contributed by atoms with van der Waals surface area (Å²) in [4.78, 5) is 5.13. The summed E-state index contributed by atoms with van der Waals surface area (Å²) in [6.45, 7) is 10.7. The molecule has 0 spiro atoms. The van der Waals surface area contributed by atoms with E-state index in [-0.39, 0.29) is 0 Å². The molecule has 2 N–H and O–H groups in total. The first-order valence-corrected chi connectivity index (χ1v) is 7.69. The molecule has 0 aromatic heterocycles. The van der Waals surface area contributed by atoms with Crippen LogP contribution >= 0.6 is 0 Å². The molecule has 4 unspecified atom stereocenters. The van der Waals surface area contributed by atoms with Crippen LogP contribution in [0.15, 0.2) is 0 Å². The van der Waals surface area contributed by atoms with Crippen LogP contribution in [0.5, 0.6) is 0 Å². The van der Waals surface area contributed by atoms with Gasteiger partial charge in [-0.25, -0.2) is 0 Å². The molecule has 2 fully saturated rings. The maximum atomic E-state index is 6.40. The maximum absolute atomic E-state index is 6.40. The van der Waals surface area contributed by atoms with E-state index in [1.54, 1.807) is 0 Å². The van der Waals surface area contributed by atoms with Crippen LogP contribution in [0.3, 0.4) is 0 Å². The Labute approximate surface area is 113 Å². The number of hydrogen-bond acceptors (Lipinski definition) is 3. The first kappa shape index (κ1) is 14.3. The standard InChI is InChI=1S/C15H31N3/c1-11(2)13-5-6-14(16)15(9-13)18-8-7-17(4)12(3)10-18/h11-15H,5-10,16H2,1-4H3. The van der Waals surface area contributed by atoms with Crippen LogP contribution in [0, 0.1) is 11.8 Å². The first-order valence-electron chi connectivity index (χ1n) is 7.69. The topological polar surface area (TPSA) is 32.5 Å². The number of nitrogens with two attached hydrogens (primary N) is 1. The van der Waals surface area contributed by atoms with Gasteiger partial charge in [-0.1, -0.05) is 13.8 Å². The summed E-state index contributed by atoms with van der Waals surface area (Å²) in [5.74, 6) is 1.69. The third kappa shape index (κ3) is 3.06. The Hall–Kier alpha value is -0.120. The van der Waals surface area contributed by atoms with Crippen LogP contribution in [0.4, 0.5) is 0 Å². The van der Waals surface area contributed by atoms with Gasteiger partial charge < -0.3 is 10.6 Å². The largest absolute Gasteiger partial charge is 0.326 e. The lowest BCUT2D eigenvalue weighted by atomic mass is 9.76. The quantitative estimate of drug-likeness (QED) is 0.814. The lowest BCUT2D eigenvalue weighted by molar-refractivity contribution is 0.0327. The smallest absolute Gasteiger partial charge is 0.0251 e. The summed E-state index contributed by atoms with van der Waals surface area (Å²) in [5, 5.41) is 0. The molecule has 106 valence electrons. The van der Waals surface area contributed by atoms with E-state index >= 15 is 0 Å². The molecule has 2 rings (SSSR count). The van der Waals surface area contributed by atoms with E-state index in [2.05, 4.69) is 37.6 Å². The summed E-state index contributed by atoms with van der Waals surface area (Å²) >= 11 is 0. The third-order valence-corrected chi connectivity index (χ3v) is 5.31. The highest BCUT2D eigenvalue weighted by molar-refractivity contribution is 4.93. The average molecular weight is 253 g/mol. The minimum atomic E-state index is 0.399. The molecule has 1 aliphatic carbocycles. The molecule has 1 aliphatic heterocycles. The summed E-state index contributed by atoms with van der Waals surface area (Å²) < 4.78 is 0. The van der Waals surface area contributed by atoms with Crippen LogP contribution in [0.2, 0.25) is 0 Å². The monoisotopic (exact) mass is 253 g/mol. The van der Waals surface area contributed by atoms with Gasteiger partial charge in [-0.2, -0.15) is 0 Å². The van der Waals surface area contributed by atoms with Crippen molar-refractivity contribution in [2.24, 2.45) is 17.6 Å². The fraction of sp³-hybridized carbons (Fsp3) is 1.00. The molecule has 3 heteroatoms. The highest BCUT2D eigenvalue weighted by Gasteiger charge is 2.35. The van der Waals surface area contributed by atoms with E-state index in [4.69, 9.17) is 5.73 Å². The van der Waals surface area contributed by atoms with Gasteiger partial charge in [0.25, 0.3) is 0 Å². The molecule has 0 bridgehead atoms. The summed E-state index contributed by atoms with van der Waals surface area (Å²) in [6.07, 6.45) is 3.86. The fourth-order valence-electron chi connectivity index (χ4n) is 3.60. The zero-order valence-electron chi connectivity index (χ0n) is 12.6. The van der Waals surface area contributed by atoms with Crippen molar-refractivity contribution in [2.75, 3.05) is 26.7 Å². The Kier molecular flexibility index (Phi) is 4.68. The molecule has 1 saturated carbocycles. The molecular formula is C15H31N3. The minimum absolute atomic E-state index is 0.399. The Balaban J connectivity index is 1.97. The first-order chi connectivity index (χ1) is 8.49. The van der Waals surface area contributed by atoms with Gasteiger partial charge in [0.1, 0.15) is 0 Å². The normalized spacial score (nSPS) is 40.3. The SMILES string of the molecule is CC(C)C1CCC(N)C(N2CCN(C)C(C)C2)C1. The zero-order valence-corrected chi connectivity index (χ0v) is 12.6. The van der Waals surface area contributed by atoms with E-state index in [0.717, 1.165) is 11.8 Å². The van der Waals surface area contributed by atoms with E-state index < -0.39 is 0 Å². The predicted octanol–water partition coefficient (Wildman–Crippen LogP) is 1.77. The second-order valence-corrected chi connectivity index (χ2v) is 6.87. The second kappa shape index (κ2) is 5.89. The van der Waals surface area contributed by atoms with Crippen LogP contribution in [0.25, 0.3) is 0 Å². The molecule has 0 aromatic rings. The van der Waals surface area contributed by atoms with Gasteiger partial charge in [-0.15, -0.1) is 0 Å². The van der Waals surface area contributed by atoms with Crippen molar-refractivity contribution in [3.63, 3.8) is 0 Å². The van der Waals surface area contributed by atoms with Crippen molar-refractivity contribution in [2.45, 2.75) is 58.2 Å². The number of piperazine rings is 1. The van der Waals surface area contributed by atoms with Crippen molar-refractivity contribution in [3.8, 4) is 0 Å². The minimum Gasteiger partial charge on any atom is -0.326 e. The highest BCUT2D eigenvalue weighted by Crippen LogP contribution is 2.32. The average Bonchev–Trinajstić information content (AvgIpc) is 2.33. The Bertz CT molecular complexity index is 266. The van der Waals surface area contributed by atoms with Gasteiger partial charge in [0, 0.05) is 37.8 Å². The molecule has 0 aromatic carbocycles. The molecule has 18 heavy (non-hydrogen) atoms. The van der Waals surface area contributed by atoms with E-state index in [1.165, 1.54) is 38.9 Å². The van der Waals surface area contributed by atoms with E-state index in [1.807, 2.05) is 0 Å². The molecule has 3 nitrogen and oxygen atoms in total. The number of hydrogen-bond donors (Lipinski definition) is 1. The molecular weight excluding hydrogens is 222 g/mol. The van der Waals surface area contributed by atoms with E-state index in [9.17, 15) is 0 Å². The van der Waals surface area contributed by atoms with Gasteiger partial charge in [-0.05, 0) is 45.1 Å². The predicted molar refractivity (Wildman–Crippen MR) is 77.6 cm³/mol. The molecule has 4 atom stereocenters. The fourth-order valence-corrected chi connectivity index (χ4v) is 3.60. The maximum Gasteiger partial charge on any atom is 0.0251 e. The molecule has 1 saturated heterocycles. The van der Waals surface area contributed by atoms with Crippen molar-refractivity contribution >= 4 is 0 Å². The van der Waals surface area contributed by atoms with Gasteiger partial charge in [0.05, 0.1) is 0 Å². The number of nitrogens with zero attached hydrogens (tertiary/aromatic N) is 2.